The normalized spacial score (nSPS) is 16.8. The van der Waals surface area contributed by atoms with E-state index in [1.54, 1.807) is 17.9 Å². The lowest BCUT2D eigenvalue weighted by Gasteiger charge is -2.17. The Balaban J connectivity index is 1.44. The number of rotatable bonds is 4. The molecule has 1 aliphatic rings. The molecule has 0 saturated carbocycles. The van der Waals surface area contributed by atoms with Gasteiger partial charge in [-0.2, -0.15) is 0 Å². The summed E-state index contributed by atoms with van der Waals surface area (Å²) in [4.78, 5) is 30.0. The number of nitrogens with zero attached hydrogens (tertiary/aromatic N) is 1. The highest BCUT2D eigenvalue weighted by molar-refractivity contribution is 6.01. The van der Waals surface area contributed by atoms with Gasteiger partial charge in [0.15, 0.2) is 0 Å². The maximum absolute atomic E-state index is 13.6. The summed E-state index contributed by atoms with van der Waals surface area (Å²) in [7, 11) is 0. The molecule has 5 nitrogen and oxygen atoms in total. The van der Waals surface area contributed by atoms with E-state index in [-0.39, 0.29) is 17.6 Å². The summed E-state index contributed by atoms with van der Waals surface area (Å²) in [5.74, 6) is -0.782. The number of H-pyrrole nitrogens is 1. The Morgan fingerprint density at radius 2 is 1.96 bits per heavy atom. The van der Waals surface area contributed by atoms with Crippen LogP contribution in [0.2, 0.25) is 0 Å². The molecule has 3 aromatic rings. The van der Waals surface area contributed by atoms with Crippen molar-refractivity contribution in [2.75, 3.05) is 6.54 Å². The molecule has 0 spiro atoms. The van der Waals surface area contributed by atoms with Gasteiger partial charge in [0.05, 0.1) is 0 Å². The largest absolute Gasteiger partial charge is 0.350 e. The summed E-state index contributed by atoms with van der Waals surface area (Å²) in [6, 6.07) is 12.0. The lowest BCUT2D eigenvalue weighted by atomic mass is 10.1. The minimum Gasteiger partial charge on any atom is -0.350 e. The van der Waals surface area contributed by atoms with E-state index in [1.165, 1.54) is 17.7 Å². The van der Waals surface area contributed by atoms with E-state index in [0.29, 0.717) is 30.7 Å². The van der Waals surface area contributed by atoms with Crippen LogP contribution >= 0.6 is 0 Å². The minimum absolute atomic E-state index is 0.0766. The molecule has 1 fully saturated rings. The second-order valence-corrected chi connectivity index (χ2v) is 7.43. The van der Waals surface area contributed by atoms with E-state index < -0.39 is 6.04 Å². The topological polar surface area (TPSA) is 65.2 Å². The fourth-order valence-electron chi connectivity index (χ4n) is 3.68. The van der Waals surface area contributed by atoms with E-state index in [0.717, 1.165) is 16.5 Å². The molecule has 144 valence electrons. The van der Waals surface area contributed by atoms with Gasteiger partial charge in [0.25, 0.3) is 5.91 Å². The first-order chi connectivity index (χ1) is 13.4. The molecule has 1 aromatic heterocycles. The Morgan fingerprint density at radius 3 is 2.71 bits per heavy atom. The van der Waals surface area contributed by atoms with Gasteiger partial charge in [0.2, 0.25) is 5.91 Å². The van der Waals surface area contributed by atoms with Crippen LogP contribution in [0, 0.1) is 19.7 Å². The van der Waals surface area contributed by atoms with Gasteiger partial charge in [0, 0.05) is 24.0 Å². The predicted molar refractivity (Wildman–Crippen MR) is 105 cm³/mol. The van der Waals surface area contributed by atoms with Gasteiger partial charge < -0.3 is 15.2 Å². The Bertz CT molecular complexity index is 1060. The summed E-state index contributed by atoms with van der Waals surface area (Å²) < 4.78 is 13.6. The maximum atomic E-state index is 13.6. The van der Waals surface area contributed by atoms with Gasteiger partial charge in [-0.15, -0.1) is 0 Å². The van der Waals surface area contributed by atoms with E-state index in [4.69, 9.17) is 0 Å². The van der Waals surface area contributed by atoms with Gasteiger partial charge in [-0.3, -0.25) is 9.59 Å². The van der Waals surface area contributed by atoms with Crippen molar-refractivity contribution in [3.63, 3.8) is 0 Å². The highest BCUT2D eigenvalue weighted by Gasteiger charge is 2.33. The third-order valence-electron chi connectivity index (χ3n) is 5.25. The number of aromatic nitrogens is 1. The molecule has 1 atom stereocenters. The number of aryl methyl sites for hydroxylation is 2. The first-order valence-corrected chi connectivity index (χ1v) is 9.35. The van der Waals surface area contributed by atoms with Crippen molar-refractivity contribution in [2.24, 2.45) is 0 Å². The number of benzene rings is 2. The molecule has 1 unspecified atom stereocenters. The molecule has 2 heterocycles. The zero-order valence-corrected chi connectivity index (χ0v) is 15.9. The van der Waals surface area contributed by atoms with Gasteiger partial charge >= 0.3 is 0 Å². The monoisotopic (exact) mass is 379 g/mol. The molecule has 1 saturated heterocycles. The highest BCUT2D eigenvalue weighted by Crippen LogP contribution is 2.22. The van der Waals surface area contributed by atoms with Gasteiger partial charge in [-0.05, 0) is 49.6 Å². The van der Waals surface area contributed by atoms with E-state index in [2.05, 4.69) is 10.3 Å². The van der Waals surface area contributed by atoms with Crippen LogP contribution in [-0.4, -0.2) is 34.3 Å². The lowest BCUT2D eigenvalue weighted by molar-refractivity contribution is -0.129. The first kappa shape index (κ1) is 18.2. The van der Waals surface area contributed by atoms with Crippen LogP contribution in [0.5, 0.6) is 0 Å². The fourth-order valence-corrected chi connectivity index (χ4v) is 3.68. The van der Waals surface area contributed by atoms with Crippen LogP contribution in [0.1, 0.15) is 33.6 Å². The first-order valence-electron chi connectivity index (χ1n) is 9.35. The van der Waals surface area contributed by atoms with E-state index in [9.17, 15) is 14.0 Å². The SMILES string of the molecule is Cc1ccc(CN2CCC(NC(=O)c3cc4c(C)cc(F)cc4[nH]3)C2=O)cc1. The van der Waals surface area contributed by atoms with Crippen molar-refractivity contribution < 1.29 is 14.0 Å². The molecule has 0 aliphatic carbocycles. The van der Waals surface area contributed by atoms with Crippen LogP contribution in [0.25, 0.3) is 10.9 Å². The number of carbonyl (C=O) groups excluding carboxylic acids is 2. The van der Waals surface area contributed by atoms with Gasteiger partial charge in [-0.25, -0.2) is 4.39 Å². The van der Waals surface area contributed by atoms with E-state index in [1.807, 2.05) is 31.2 Å². The van der Waals surface area contributed by atoms with Crippen LogP contribution in [0.4, 0.5) is 4.39 Å². The van der Waals surface area contributed by atoms with Gasteiger partial charge in [-0.1, -0.05) is 29.8 Å². The van der Waals surface area contributed by atoms with Crippen molar-refractivity contribution in [3.8, 4) is 0 Å². The van der Waals surface area contributed by atoms with Crippen LogP contribution in [0.3, 0.4) is 0 Å². The number of nitrogens with one attached hydrogen (secondary N) is 2. The Kier molecular flexibility index (Phi) is 4.63. The predicted octanol–water partition coefficient (Wildman–Crippen LogP) is 3.45. The molecule has 28 heavy (non-hydrogen) atoms. The zero-order chi connectivity index (χ0) is 19.8. The number of fused-ring (bicyclic) bond motifs is 1. The highest BCUT2D eigenvalue weighted by atomic mass is 19.1. The number of amides is 2. The third-order valence-corrected chi connectivity index (χ3v) is 5.25. The summed E-state index contributed by atoms with van der Waals surface area (Å²) in [5, 5.41) is 3.61. The standard InChI is InChI=1S/C22H22FN3O2/c1-13-3-5-15(6-4-13)12-26-8-7-18(22(26)28)25-21(27)20-11-17-14(2)9-16(23)10-19(17)24-20/h3-6,9-11,18,24H,7-8,12H2,1-2H3,(H,25,27). The Morgan fingerprint density at radius 1 is 1.21 bits per heavy atom. The van der Waals surface area contributed by atoms with Crippen LogP contribution in [0.15, 0.2) is 42.5 Å². The minimum atomic E-state index is -0.540. The molecule has 1 aliphatic heterocycles. The Hall–Kier alpha value is -3.15. The molecule has 2 amide bonds. The number of likely N-dealkylation sites (tertiary alicyclic amines) is 1. The fraction of sp³-hybridized carbons (Fsp3) is 0.273. The van der Waals surface area contributed by atoms with E-state index >= 15 is 0 Å². The van der Waals surface area contributed by atoms with Crippen molar-refractivity contribution in [1.29, 1.82) is 0 Å². The van der Waals surface area contributed by atoms with Crippen LogP contribution in [-0.2, 0) is 11.3 Å². The molecule has 0 radical (unpaired) electrons. The van der Waals surface area contributed by atoms with Crippen molar-refractivity contribution in [3.05, 3.63) is 70.7 Å². The summed E-state index contributed by atoms with van der Waals surface area (Å²) in [5.41, 5.74) is 3.90. The van der Waals surface area contributed by atoms with Crippen molar-refractivity contribution in [2.45, 2.75) is 32.9 Å². The summed E-state index contributed by atoms with van der Waals surface area (Å²) >= 11 is 0. The number of hydrogen-bond donors (Lipinski definition) is 2. The molecule has 6 heteroatoms. The average molecular weight is 379 g/mol. The Labute approximate surface area is 162 Å². The maximum Gasteiger partial charge on any atom is 0.268 e. The second-order valence-electron chi connectivity index (χ2n) is 7.43. The number of carbonyl (C=O) groups is 2. The van der Waals surface area contributed by atoms with Crippen molar-refractivity contribution in [1.82, 2.24) is 15.2 Å². The summed E-state index contributed by atoms with van der Waals surface area (Å²) in [6.07, 6.45) is 0.574. The summed E-state index contributed by atoms with van der Waals surface area (Å²) in [6.45, 7) is 4.96. The van der Waals surface area contributed by atoms with Crippen molar-refractivity contribution >= 4 is 22.7 Å². The molecule has 2 N–H and O–H groups in total. The number of hydrogen-bond acceptors (Lipinski definition) is 2. The quantitative estimate of drug-likeness (QED) is 0.729. The lowest BCUT2D eigenvalue weighted by Crippen LogP contribution is -2.41. The average Bonchev–Trinajstić information content (AvgIpc) is 3.22. The number of aromatic amines is 1. The van der Waals surface area contributed by atoms with Gasteiger partial charge in [0.1, 0.15) is 17.6 Å². The molecule has 0 bridgehead atoms. The smallest absolute Gasteiger partial charge is 0.268 e. The molecular formula is C22H22FN3O2. The van der Waals surface area contributed by atoms with Crippen LogP contribution < -0.4 is 5.32 Å². The second kappa shape index (κ2) is 7.11. The molecular weight excluding hydrogens is 357 g/mol. The zero-order valence-electron chi connectivity index (χ0n) is 15.9. The third kappa shape index (κ3) is 3.50. The molecule has 4 rings (SSSR count). The molecule has 2 aromatic carbocycles. The number of halogens is 1.